The Morgan fingerprint density at radius 1 is 1.36 bits per heavy atom. The molecule has 0 spiro atoms. The first-order chi connectivity index (χ1) is 6.81. The van der Waals surface area contributed by atoms with E-state index >= 15 is 0 Å². The quantitative estimate of drug-likeness (QED) is 0.408. The van der Waals surface area contributed by atoms with Crippen molar-refractivity contribution in [3.63, 3.8) is 0 Å². The van der Waals surface area contributed by atoms with Gasteiger partial charge in [-0.15, -0.1) is 5.16 Å². The van der Waals surface area contributed by atoms with Gasteiger partial charge in [-0.05, 0) is 32.4 Å². The van der Waals surface area contributed by atoms with Gasteiger partial charge in [0.15, 0.2) is 0 Å². The lowest BCUT2D eigenvalue weighted by Crippen LogP contribution is -2.29. The van der Waals surface area contributed by atoms with Crippen LogP contribution in [0.1, 0.15) is 13.8 Å². The number of oxime groups is 1. The molecule has 0 unspecified atom stereocenters. The van der Waals surface area contributed by atoms with E-state index in [0.717, 1.165) is 25.6 Å². The van der Waals surface area contributed by atoms with Gasteiger partial charge in [0, 0.05) is 18.4 Å². The van der Waals surface area contributed by atoms with E-state index in [1.165, 1.54) is 12.1 Å². The van der Waals surface area contributed by atoms with Gasteiger partial charge in [-0.1, -0.05) is 13.8 Å². The van der Waals surface area contributed by atoms with E-state index in [4.69, 9.17) is 5.21 Å². The van der Waals surface area contributed by atoms with E-state index in [-0.39, 0.29) is 0 Å². The average molecular weight is 193 g/mol. The van der Waals surface area contributed by atoms with Crippen molar-refractivity contribution < 1.29 is 5.21 Å². The third-order valence-corrected chi connectivity index (χ3v) is 2.43. The van der Waals surface area contributed by atoms with Crippen molar-refractivity contribution in [1.82, 2.24) is 4.90 Å². The van der Waals surface area contributed by atoms with Gasteiger partial charge < -0.3 is 10.1 Å². The van der Waals surface area contributed by atoms with Gasteiger partial charge in [-0.25, -0.2) is 0 Å². The number of nitrogens with zero attached hydrogens (tertiary/aromatic N) is 2. The first-order valence-corrected chi connectivity index (χ1v) is 4.96. The molecule has 0 heterocycles. The van der Waals surface area contributed by atoms with Gasteiger partial charge in [0.2, 0.25) is 0 Å². The molecule has 1 aliphatic rings. The van der Waals surface area contributed by atoms with Gasteiger partial charge >= 0.3 is 0 Å². The van der Waals surface area contributed by atoms with E-state index in [1.54, 1.807) is 0 Å². The third kappa shape index (κ3) is 2.98. The van der Waals surface area contributed by atoms with Crippen molar-refractivity contribution in [3.05, 3.63) is 31.1 Å². The van der Waals surface area contributed by atoms with E-state index in [1.807, 2.05) is 12.8 Å². The second-order valence-corrected chi connectivity index (χ2v) is 3.21. The van der Waals surface area contributed by atoms with Crippen LogP contribution in [0.2, 0.25) is 0 Å². The number of hydrogen-bond acceptors (Lipinski definition) is 3. The van der Waals surface area contributed by atoms with Gasteiger partial charge in [0.1, 0.15) is 0 Å². The Morgan fingerprint density at radius 2 is 2.07 bits per heavy atom. The van der Waals surface area contributed by atoms with Crippen LogP contribution >= 0.6 is 0 Å². The van der Waals surface area contributed by atoms with Crippen LogP contribution in [0, 0.1) is 31.1 Å². The van der Waals surface area contributed by atoms with Crippen LogP contribution in [-0.4, -0.2) is 36.0 Å². The summed E-state index contributed by atoms with van der Waals surface area (Å²) < 4.78 is 0. The van der Waals surface area contributed by atoms with Gasteiger partial charge in [-0.2, -0.15) is 0 Å². The van der Waals surface area contributed by atoms with Crippen molar-refractivity contribution >= 4 is 6.21 Å². The lowest BCUT2D eigenvalue weighted by Gasteiger charge is -2.23. The summed E-state index contributed by atoms with van der Waals surface area (Å²) in [7, 11) is 0. The summed E-state index contributed by atoms with van der Waals surface area (Å²) in [5.41, 5.74) is 0. The van der Waals surface area contributed by atoms with E-state index < -0.39 is 0 Å². The smallest absolute Gasteiger partial charge is 0.0516 e. The van der Waals surface area contributed by atoms with Crippen molar-refractivity contribution in [2.45, 2.75) is 13.8 Å². The second kappa shape index (κ2) is 6.02. The van der Waals surface area contributed by atoms with Crippen molar-refractivity contribution in [1.29, 1.82) is 0 Å². The fourth-order valence-corrected chi connectivity index (χ4v) is 1.49. The van der Waals surface area contributed by atoms with Crippen molar-refractivity contribution in [3.8, 4) is 0 Å². The monoisotopic (exact) mass is 193 g/mol. The molecule has 1 aliphatic carbocycles. The summed E-state index contributed by atoms with van der Waals surface area (Å²) in [5, 5.41) is 11.5. The van der Waals surface area contributed by atoms with Crippen molar-refractivity contribution in [2.75, 3.05) is 19.6 Å². The minimum atomic E-state index is 0.918. The normalized spacial score (nSPS) is 20.2. The molecule has 0 saturated heterocycles. The second-order valence-electron chi connectivity index (χ2n) is 3.21. The zero-order valence-electron chi connectivity index (χ0n) is 8.77. The maximum absolute atomic E-state index is 8.47. The molecule has 0 bridgehead atoms. The molecule has 0 aliphatic heterocycles. The molecule has 1 fully saturated rings. The predicted octanol–water partition coefficient (Wildman–Crippen LogP) is 1.56. The van der Waals surface area contributed by atoms with E-state index in [2.05, 4.69) is 30.3 Å². The van der Waals surface area contributed by atoms with Crippen LogP contribution in [0.3, 0.4) is 0 Å². The minimum Gasteiger partial charge on any atom is -0.411 e. The Hall–Kier alpha value is -0.570. The molecule has 5 radical (unpaired) electrons. The van der Waals surface area contributed by atoms with Crippen LogP contribution < -0.4 is 0 Å². The maximum Gasteiger partial charge on any atom is 0.0516 e. The van der Waals surface area contributed by atoms with Crippen LogP contribution in [0.25, 0.3) is 0 Å². The van der Waals surface area contributed by atoms with Crippen LogP contribution in [-0.2, 0) is 0 Å². The fourth-order valence-electron chi connectivity index (χ4n) is 1.49. The Balaban J connectivity index is 2.41. The van der Waals surface area contributed by atoms with Crippen LogP contribution in [0.15, 0.2) is 5.16 Å². The Bertz CT molecular complexity index is 178. The molecule has 0 amide bonds. The molecule has 0 aromatic rings. The van der Waals surface area contributed by atoms with Crippen molar-refractivity contribution in [2.24, 2.45) is 5.16 Å². The first-order valence-electron chi connectivity index (χ1n) is 4.96. The molecule has 3 nitrogen and oxygen atoms in total. The summed E-state index contributed by atoms with van der Waals surface area (Å²) in [5.74, 6) is 2.21. The predicted molar refractivity (Wildman–Crippen MR) is 57.5 cm³/mol. The number of rotatable bonds is 5. The van der Waals surface area contributed by atoms with E-state index in [0.29, 0.717) is 0 Å². The lowest BCUT2D eigenvalue weighted by molar-refractivity contribution is 0.316. The standard InChI is InChI=1S/C11H17N2O/c1-3-13(4-2)9-11-7-5-6-10(11)8-12-14/h5-8,14H,3-4,9H2,1-2H3/b12-8+. The zero-order valence-corrected chi connectivity index (χ0v) is 8.77. The third-order valence-electron chi connectivity index (χ3n) is 2.43. The van der Waals surface area contributed by atoms with Crippen LogP contribution in [0.4, 0.5) is 0 Å². The maximum atomic E-state index is 8.47. The van der Waals surface area contributed by atoms with Crippen LogP contribution in [0.5, 0.6) is 0 Å². The zero-order chi connectivity index (χ0) is 10.4. The average Bonchev–Trinajstić information content (AvgIpc) is 2.62. The Labute approximate surface area is 86.8 Å². The molecule has 0 aromatic heterocycles. The molecular weight excluding hydrogens is 176 g/mol. The van der Waals surface area contributed by atoms with E-state index in [9.17, 15) is 0 Å². The van der Waals surface area contributed by atoms with Gasteiger partial charge in [-0.3, -0.25) is 0 Å². The highest BCUT2D eigenvalue weighted by atomic mass is 16.4. The number of hydrogen-bond donors (Lipinski definition) is 1. The summed E-state index contributed by atoms with van der Waals surface area (Å²) in [6.45, 7) is 7.29. The summed E-state index contributed by atoms with van der Waals surface area (Å²) in [6.07, 6.45) is 7.49. The fraction of sp³-hybridized carbons (Fsp3) is 0.455. The highest BCUT2D eigenvalue weighted by Gasteiger charge is 2.29. The minimum absolute atomic E-state index is 0.918. The molecular formula is C11H17N2O. The summed E-state index contributed by atoms with van der Waals surface area (Å²) >= 11 is 0. The topological polar surface area (TPSA) is 35.8 Å². The molecule has 77 valence electrons. The Morgan fingerprint density at radius 3 is 2.64 bits per heavy atom. The molecule has 3 heteroatoms. The molecule has 1 saturated carbocycles. The van der Waals surface area contributed by atoms with Gasteiger partial charge in [0.25, 0.3) is 0 Å². The van der Waals surface area contributed by atoms with Gasteiger partial charge in [0.05, 0.1) is 6.21 Å². The Kier molecular flexibility index (Phi) is 4.94. The first kappa shape index (κ1) is 11.5. The molecule has 1 rings (SSSR count). The molecule has 0 aromatic carbocycles. The highest BCUT2D eigenvalue weighted by molar-refractivity contribution is 5.84. The SMILES string of the molecule is CCN(CC)C[C]1[CH][CH][CH][C]1/C=N/O. The molecule has 1 N–H and O–H groups in total. The highest BCUT2D eigenvalue weighted by Crippen LogP contribution is 2.32. The molecule has 14 heavy (non-hydrogen) atoms. The largest absolute Gasteiger partial charge is 0.411 e. The summed E-state index contributed by atoms with van der Waals surface area (Å²) in [6, 6.07) is 0. The summed E-state index contributed by atoms with van der Waals surface area (Å²) in [4.78, 5) is 2.32. The lowest BCUT2D eigenvalue weighted by atomic mass is 9.97. The molecule has 0 atom stereocenters.